The van der Waals surface area contributed by atoms with E-state index in [-0.39, 0.29) is 29.9 Å². The van der Waals surface area contributed by atoms with Gasteiger partial charge in [-0.05, 0) is 142 Å². The summed E-state index contributed by atoms with van der Waals surface area (Å²) in [6.45, 7) is 21.7. The van der Waals surface area contributed by atoms with Gasteiger partial charge in [-0.3, -0.25) is 9.59 Å². The van der Waals surface area contributed by atoms with Crippen LogP contribution in [0.3, 0.4) is 0 Å². The van der Waals surface area contributed by atoms with Gasteiger partial charge in [-0.25, -0.2) is 4.98 Å². The number of hydrogen-bond donors (Lipinski definition) is 3. The summed E-state index contributed by atoms with van der Waals surface area (Å²) in [5, 5.41) is 16.3. The van der Waals surface area contributed by atoms with Gasteiger partial charge in [-0.2, -0.15) is 0 Å². The Labute approximate surface area is 386 Å². The number of aliphatic hydroxyl groups is 1. The van der Waals surface area contributed by atoms with Crippen LogP contribution < -0.4 is 15.4 Å². The number of anilines is 1. The van der Waals surface area contributed by atoms with Crippen molar-refractivity contribution in [1.82, 2.24) is 20.1 Å². The molecule has 2 heterocycles. The predicted molar refractivity (Wildman–Crippen MR) is 267 cm³/mol. The van der Waals surface area contributed by atoms with Crippen LogP contribution in [0, 0.1) is 18.8 Å². The first-order chi connectivity index (χ1) is 30.9. The van der Waals surface area contributed by atoms with Crippen molar-refractivity contribution in [1.29, 1.82) is 0 Å². The number of amides is 2. The molecule has 9 nitrogen and oxygen atoms in total. The molecule has 3 N–H and O–H groups in total. The Morgan fingerprint density at radius 3 is 2.23 bits per heavy atom. The van der Waals surface area contributed by atoms with Gasteiger partial charge in [-0.1, -0.05) is 99.1 Å². The summed E-state index contributed by atoms with van der Waals surface area (Å²) >= 11 is 0. The highest BCUT2D eigenvalue weighted by Crippen LogP contribution is 2.40. The van der Waals surface area contributed by atoms with Crippen LogP contribution >= 0.6 is 0 Å². The topological polar surface area (TPSA) is 107 Å². The lowest BCUT2D eigenvalue weighted by Gasteiger charge is -2.41. The third-order valence-electron chi connectivity index (χ3n) is 13.7. The fourth-order valence-corrected chi connectivity index (χ4v) is 8.86. The van der Waals surface area contributed by atoms with Crippen molar-refractivity contribution in [2.45, 2.75) is 158 Å². The number of fused-ring (bicyclic) bond motifs is 1. The number of pyridine rings is 1. The SMILES string of the molecule is CC.CC/C=C1\N(CCO)C=C(C(=O)Nc2cccc(-c3cccc(-c4cc5c(c(OC)n4)CCC5)c3C)c2)C(=C2CCC2)N1C.CCC(C)CCC(CC)(CC)NC(=O)C(C)CC. The second kappa shape index (κ2) is 25.0. The van der Waals surface area contributed by atoms with Crippen LogP contribution in [-0.4, -0.2) is 64.6 Å². The summed E-state index contributed by atoms with van der Waals surface area (Å²) in [5.74, 6) is 2.69. The minimum atomic E-state index is -0.151. The highest BCUT2D eigenvalue weighted by Gasteiger charge is 2.33. The minimum Gasteiger partial charge on any atom is -0.481 e. The van der Waals surface area contributed by atoms with Crippen molar-refractivity contribution in [3.05, 3.63) is 100 Å². The van der Waals surface area contributed by atoms with Crippen LogP contribution in [0.2, 0.25) is 0 Å². The lowest BCUT2D eigenvalue weighted by molar-refractivity contribution is -0.126. The predicted octanol–water partition coefficient (Wildman–Crippen LogP) is 12.5. The van der Waals surface area contributed by atoms with E-state index in [1.807, 2.05) is 57.1 Å². The molecule has 350 valence electrons. The molecule has 1 aromatic heterocycles. The van der Waals surface area contributed by atoms with Gasteiger partial charge < -0.3 is 30.3 Å². The Kier molecular flexibility index (Phi) is 20.2. The average Bonchev–Trinajstić information content (AvgIpc) is 3.78. The van der Waals surface area contributed by atoms with Crippen LogP contribution in [0.5, 0.6) is 5.88 Å². The summed E-state index contributed by atoms with van der Waals surface area (Å²) in [5.41, 5.74) is 11.5. The molecule has 2 aliphatic carbocycles. The summed E-state index contributed by atoms with van der Waals surface area (Å²) in [6, 6.07) is 16.6. The molecule has 1 fully saturated rings. The number of aromatic nitrogens is 1. The monoisotopic (exact) mass is 876 g/mol. The number of allylic oxidation sites excluding steroid dienone is 2. The molecule has 64 heavy (non-hydrogen) atoms. The molecule has 0 spiro atoms. The van der Waals surface area contributed by atoms with E-state index in [2.05, 4.69) is 100 Å². The van der Waals surface area contributed by atoms with E-state index >= 15 is 0 Å². The highest BCUT2D eigenvalue weighted by atomic mass is 16.5. The van der Waals surface area contributed by atoms with Gasteiger partial charge in [0.15, 0.2) is 0 Å². The number of aliphatic hydroxyl groups excluding tert-OH is 1. The molecule has 0 bridgehead atoms. The molecule has 2 unspecified atom stereocenters. The molecule has 2 amide bonds. The van der Waals surface area contributed by atoms with E-state index in [1.165, 1.54) is 29.5 Å². The number of β-amino-alcohol motifs (C(OH)–C–C–N with tert-alkyl or cyclic N) is 1. The largest absolute Gasteiger partial charge is 0.481 e. The number of nitrogens with one attached hydrogen (secondary N) is 2. The van der Waals surface area contributed by atoms with Crippen LogP contribution in [0.25, 0.3) is 22.4 Å². The Bertz CT molecular complexity index is 2110. The standard InChI is InChI=1S/C37H42N4O3.C16H33NO.C2H6/c1-5-10-34-40(3)35(25-11-6-12-25)32(23-41(34)19-20-42)36(43)38-28-15-7-13-26(21-28)29-16-9-17-30(24(29)2)33-22-27-14-8-18-31(27)37(39-33)44-4;1-7-13(5)11-12-16(9-3,10-4)17-15(18)14(6)8-2;1-2/h7,9-10,13,15-17,21-23,42H,5-6,8,11-12,14,18-20H2,1-4H3,(H,38,43);13-14H,7-12H2,1-6H3,(H,17,18);1-2H3/b34-10-;;. The molecule has 0 saturated heterocycles. The zero-order chi connectivity index (χ0) is 47.0. The molecule has 2 atom stereocenters. The zero-order valence-electron chi connectivity index (χ0n) is 41.5. The van der Waals surface area contributed by atoms with Gasteiger partial charge in [0, 0.05) is 48.1 Å². The number of ether oxygens (including phenoxy) is 1. The molecular formula is C55H81N5O4. The Morgan fingerprint density at radius 1 is 0.938 bits per heavy atom. The first kappa shape index (κ1) is 51.7. The molecule has 0 radical (unpaired) electrons. The summed E-state index contributed by atoms with van der Waals surface area (Å²) in [4.78, 5) is 35.0. The Hall–Kier alpha value is -4.89. The van der Waals surface area contributed by atoms with Gasteiger partial charge in [0.1, 0.15) is 5.82 Å². The summed E-state index contributed by atoms with van der Waals surface area (Å²) in [6.07, 6.45) is 17.8. The van der Waals surface area contributed by atoms with Gasteiger partial charge in [0.05, 0.1) is 30.7 Å². The van der Waals surface area contributed by atoms with Gasteiger partial charge in [0.2, 0.25) is 11.8 Å². The molecule has 9 heteroatoms. The van der Waals surface area contributed by atoms with E-state index in [1.54, 1.807) is 7.11 Å². The minimum absolute atomic E-state index is 0.000413. The number of rotatable bonds is 17. The van der Waals surface area contributed by atoms with Crippen LogP contribution in [0.1, 0.15) is 150 Å². The number of methoxy groups -OCH3 is 1. The number of nitrogens with zero attached hydrogens (tertiary/aromatic N) is 3. The van der Waals surface area contributed by atoms with E-state index in [9.17, 15) is 14.7 Å². The summed E-state index contributed by atoms with van der Waals surface area (Å²) in [7, 11) is 3.72. The Morgan fingerprint density at radius 2 is 1.62 bits per heavy atom. The quantitative estimate of drug-likeness (QED) is 0.124. The molecule has 6 rings (SSSR count). The van der Waals surface area contributed by atoms with Crippen molar-refractivity contribution < 1.29 is 19.4 Å². The fraction of sp³-hybridized carbons (Fsp3) is 0.545. The molecule has 3 aliphatic rings. The molecule has 2 aromatic carbocycles. The molecule has 1 saturated carbocycles. The normalized spacial score (nSPS) is 16.1. The van der Waals surface area contributed by atoms with E-state index in [4.69, 9.17) is 9.72 Å². The van der Waals surface area contributed by atoms with Crippen LogP contribution in [-0.2, 0) is 22.4 Å². The maximum atomic E-state index is 13.9. The van der Waals surface area contributed by atoms with E-state index in [0.717, 1.165) is 128 Å². The lowest BCUT2D eigenvalue weighted by Crippen LogP contribution is -2.49. The van der Waals surface area contributed by atoms with E-state index < -0.39 is 0 Å². The number of carbonyl (C=O) groups is 2. The first-order valence-electron chi connectivity index (χ1n) is 24.5. The second-order valence-electron chi connectivity index (χ2n) is 17.7. The van der Waals surface area contributed by atoms with Crippen molar-refractivity contribution >= 4 is 17.5 Å². The molecule has 1 aliphatic heterocycles. The van der Waals surface area contributed by atoms with Gasteiger partial charge in [-0.15, -0.1) is 0 Å². The van der Waals surface area contributed by atoms with Crippen LogP contribution in [0.15, 0.2) is 83.5 Å². The zero-order valence-corrected chi connectivity index (χ0v) is 41.5. The molecule has 3 aromatic rings. The smallest absolute Gasteiger partial charge is 0.259 e. The van der Waals surface area contributed by atoms with Crippen molar-refractivity contribution in [3.63, 3.8) is 0 Å². The summed E-state index contributed by atoms with van der Waals surface area (Å²) < 4.78 is 5.67. The highest BCUT2D eigenvalue weighted by molar-refractivity contribution is 6.07. The third-order valence-corrected chi connectivity index (χ3v) is 13.7. The number of hydrogen-bond acceptors (Lipinski definition) is 7. The van der Waals surface area contributed by atoms with E-state index in [0.29, 0.717) is 12.1 Å². The number of likely N-dealkylation sites (N-methyl/N-ethyl adjacent to an activating group) is 1. The van der Waals surface area contributed by atoms with Crippen molar-refractivity contribution in [3.8, 4) is 28.3 Å². The number of aryl methyl sites for hydroxylation is 1. The van der Waals surface area contributed by atoms with Crippen LogP contribution in [0.4, 0.5) is 5.69 Å². The average molecular weight is 876 g/mol. The van der Waals surface area contributed by atoms with Crippen molar-refractivity contribution in [2.24, 2.45) is 11.8 Å². The molecular weight excluding hydrogens is 795 g/mol. The third kappa shape index (κ3) is 12.5. The number of benzene rings is 2. The second-order valence-corrected chi connectivity index (χ2v) is 17.7. The first-order valence-corrected chi connectivity index (χ1v) is 24.5. The maximum absolute atomic E-state index is 13.9. The van der Waals surface area contributed by atoms with Gasteiger partial charge in [0.25, 0.3) is 5.91 Å². The lowest BCUT2D eigenvalue weighted by atomic mass is 9.84. The van der Waals surface area contributed by atoms with Gasteiger partial charge >= 0.3 is 0 Å². The Balaban J connectivity index is 0.000000380. The maximum Gasteiger partial charge on any atom is 0.259 e. The fourth-order valence-electron chi connectivity index (χ4n) is 8.86. The number of carbonyl (C=O) groups excluding carboxylic acids is 2. The van der Waals surface area contributed by atoms with Crippen molar-refractivity contribution in [2.75, 3.05) is 32.6 Å².